The predicted octanol–water partition coefficient (Wildman–Crippen LogP) is 2.03. The maximum Gasteiger partial charge on any atom is 0.147 e. The summed E-state index contributed by atoms with van der Waals surface area (Å²) in [6, 6.07) is 5.29. The lowest BCUT2D eigenvalue weighted by atomic mass is 10.1. The first kappa shape index (κ1) is 14.8. The van der Waals surface area contributed by atoms with Crippen LogP contribution in [0.5, 0.6) is 0 Å². The Kier molecular flexibility index (Phi) is 4.60. The quantitative estimate of drug-likeness (QED) is 0.640. The van der Waals surface area contributed by atoms with Gasteiger partial charge in [0.15, 0.2) is 0 Å². The van der Waals surface area contributed by atoms with Crippen LogP contribution in [0.4, 0.5) is 10.1 Å². The lowest BCUT2D eigenvalue weighted by Gasteiger charge is -2.26. The fourth-order valence-electron chi connectivity index (χ4n) is 2.93. The number of hydrogen-bond acceptors (Lipinski definition) is 3. The molecule has 0 bridgehead atoms. The van der Waals surface area contributed by atoms with Gasteiger partial charge in [0.1, 0.15) is 11.7 Å². The highest BCUT2D eigenvalue weighted by molar-refractivity contribution is 5.95. The van der Waals surface area contributed by atoms with Crippen LogP contribution < -0.4 is 10.6 Å². The van der Waals surface area contributed by atoms with Crippen molar-refractivity contribution in [1.29, 1.82) is 5.41 Å². The third-order valence-electron chi connectivity index (χ3n) is 4.09. The highest BCUT2D eigenvalue weighted by Crippen LogP contribution is 2.26. The van der Waals surface area contributed by atoms with Crippen LogP contribution >= 0.6 is 0 Å². The number of anilines is 1. The van der Waals surface area contributed by atoms with Crippen molar-refractivity contribution in [3.05, 3.63) is 29.6 Å². The molecule has 2 rings (SSSR count). The van der Waals surface area contributed by atoms with Crippen molar-refractivity contribution in [2.75, 3.05) is 31.1 Å². The minimum absolute atomic E-state index is 0.0992. The maximum atomic E-state index is 14.1. The van der Waals surface area contributed by atoms with Crippen molar-refractivity contribution in [1.82, 2.24) is 4.90 Å². The Morgan fingerprint density at radius 1 is 1.45 bits per heavy atom. The van der Waals surface area contributed by atoms with E-state index in [9.17, 15) is 4.39 Å². The number of nitrogens with two attached hydrogens (primary N) is 1. The van der Waals surface area contributed by atoms with Gasteiger partial charge in [-0.05, 0) is 37.7 Å². The van der Waals surface area contributed by atoms with E-state index in [0.717, 1.165) is 32.6 Å². The summed E-state index contributed by atoms with van der Waals surface area (Å²) in [7, 11) is 0. The van der Waals surface area contributed by atoms with Crippen LogP contribution in [0, 0.1) is 11.2 Å². The minimum Gasteiger partial charge on any atom is -0.384 e. The molecule has 1 unspecified atom stereocenters. The molecule has 1 aromatic rings. The van der Waals surface area contributed by atoms with Crippen molar-refractivity contribution in [3.63, 3.8) is 0 Å². The average Bonchev–Trinajstić information content (AvgIpc) is 2.89. The Hall–Kier alpha value is -1.62. The van der Waals surface area contributed by atoms with E-state index >= 15 is 0 Å². The molecule has 0 saturated carbocycles. The van der Waals surface area contributed by atoms with E-state index < -0.39 is 0 Å². The fraction of sp³-hybridized carbons (Fsp3) is 0.533. The Labute approximate surface area is 119 Å². The Balaban J connectivity index is 2.12. The van der Waals surface area contributed by atoms with E-state index in [1.165, 1.54) is 6.07 Å². The van der Waals surface area contributed by atoms with E-state index in [-0.39, 0.29) is 11.7 Å². The second-order valence-electron chi connectivity index (χ2n) is 5.19. The van der Waals surface area contributed by atoms with E-state index in [1.807, 2.05) is 0 Å². The molecule has 110 valence electrons. The molecule has 0 aliphatic carbocycles. The van der Waals surface area contributed by atoms with E-state index in [1.54, 1.807) is 12.1 Å². The molecule has 1 fully saturated rings. The van der Waals surface area contributed by atoms with Crippen LogP contribution in [0.15, 0.2) is 18.2 Å². The molecule has 1 aliphatic rings. The Morgan fingerprint density at radius 2 is 2.15 bits per heavy atom. The summed E-state index contributed by atoms with van der Waals surface area (Å²) in [5, 5.41) is 7.34. The van der Waals surface area contributed by atoms with Gasteiger partial charge in [0.05, 0.1) is 5.69 Å². The van der Waals surface area contributed by atoms with Gasteiger partial charge < -0.3 is 10.6 Å². The molecule has 0 aromatic heterocycles. The molecule has 1 atom stereocenters. The SMILES string of the molecule is CCN(CC)C1CCN(c2ccc(C(=N)N)cc2F)C1. The van der Waals surface area contributed by atoms with Crippen molar-refractivity contribution in [3.8, 4) is 0 Å². The molecule has 3 N–H and O–H groups in total. The average molecular weight is 278 g/mol. The van der Waals surface area contributed by atoms with Gasteiger partial charge >= 0.3 is 0 Å². The van der Waals surface area contributed by atoms with Gasteiger partial charge in [-0.1, -0.05) is 13.8 Å². The minimum atomic E-state index is -0.294. The van der Waals surface area contributed by atoms with Crippen LogP contribution in [-0.4, -0.2) is 43.0 Å². The number of amidine groups is 1. The van der Waals surface area contributed by atoms with Gasteiger partial charge in [-0.2, -0.15) is 0 Å². The first-order valence-electron chi connectivity index (χ1n) is 7.19. The second-order valence-corrected chi connectivity index (χ2v) is 5.19. The molecule has 0 spiro atoms. The predicted molar refractivity (Wildman–Crippen MR) is 81.0 cm³/mol. The molecule has 20 heavy (non-hydrogen) atoms. The lowest BCUT2D eigenvalue weighted by molar-refractivity contribution is 0.232. The first-order valence-corrected chi connectivity index (χ1v) is 7.19. The van der Waals surface area contributed by atoms with Gasteiger partial charge in [0, 0.05) is 24.7 Å². The van der Waals surface area contributed by atoms with Crippen molar-refractivity contribution >= 4 is 11.5 Å². The number of hydrogen-bond donors (Lipinski definition) is 2. The lowest BCUT2D eigenvalue weighted by Crippen LogP contribution is -2.37. The molecule has 0 radical (unpaired) electrons. The molecule has 0 amide bonds. The van der Waals surface area contributed by atoms with Crippen molar-refractivity contribution in [2.24, 2.45) is 5.73 Å². The highest BCUT2D eigenvalue weighted by atomic mass is 19.1. The van der Waals surface area contributed by atoms with Crippen LogP contribution in [-0.2, 0) is 0 Å². The molecular formula is C15H23FN4. The van der Waals surface area contributed by atoms with Crippen LogP contribution in [0.25, 0.3) is 0 Å². The largest absolute Gasteiger partial charge is 0.384 e. The molecule has 1 aliphatic heterocycles. The highest BCUT2D eigenvalue weighted by Gasteiger charge is 2.27. The third kappa shape index (κ3) is 2.93. The number of halogens is 1. The number of likely N-dealkylation sites (N-methyl/N-ethyl adjacent to an activating group) is 1. The van der Waals surface area contributed by atoms with Crippen molar-refractivity contribution < 1.29 is 4.39 Å². The summed E-state index contributed by atoms with van der Waals surface area (Å²) in [5.74, 6) is -0.393. The van der Waals surface area contributed by atoms with Gasteiger partial charge in [-0.25, -0.2) is 4.39 Å². The molecular weight excluding hydrogens is 255 g/mol. The molecule has 1 aromatic carbocycles. The molecule has 1 heterocycles. The van der Waals surface area contributed by atoms with Gasteiger partial charge in [-0.3, -0.25) is 10.3 Å². The summed E-state index contributed by atoms with van der Waals surface area (Å²) in [4.78, 5) is 4.50. The summed E-state index contributed by atoms with van der Waals surface area (Å²) in [5.41, 5.74) is 6.43. The zero-order valence-electron chi connectivity index (χ0n) is 12.2. The topological polar surface area (TPSA) is 56.4 Å². The van der Waals surface area contributed by atoms with E-state index in [0.29, 0.717) is 17.3 Å². The number of nitrogens with one attached hydrogen (secondary N) is 1. The van der Waals surface area contributed by atoms with Crippen LogP contribution in [0.3, 0.4) is 0 Å². The van der Waals surface area contributed by atoms with Gasteiger partial charge in [0.2, 0.25) is 0 Å². The molecule has 5 heteroatoms. The second kappa shape index (κ2) is 6.22. The van der Waals surface area contributed by atoms with Gasteiger partial charge in [-0.15, -0.1) is 0 Å². The Bertz CT molecular complexity index is 485. The van der Waals surface area contributed by atoms with E-state index in [4.69, 9.17) is 11.1 Å². The maximum absolute atomic E-state index is 14.1. The van der Waals surface area contributed by atoms with E-state index in [2.05, 4.69) is 23.6 Å². The smallest absolute Gasteiger partial charge is 0.147 e. The number of nitrogens with zero attached hydrogens (tertiary/aromatic N) is 2. The summed E-state index contributed by atoms with van der Waals surface area (Å²) in [6.45, 7) is 8.11. The normalized spacial score (nSPS) is 18.8. The Morgan fingerprint density at radius 3 is 2.70 bits per heavy atom. The summed E-state index contributed by atoms with van der Waals surface area (Å²) >= 11 is 0. The summed E-state index contributed by atoms with van der Waals surface area (Å²) < 4.78 is 14.1. The third-order valence-corrected chi connectivity index (χ3v) is 4.09. The number of nitrogen functional groups attached to an aromatic ring is 1. The van der Waals surface area contributed by atoms with Gasteiger partial charge in [0.25, 0.3) is 0 Å². The van der Waals surface area contributed by atoms with Crippen molar-refractivity contribution in [2.45, 2.75) is 26.3 Å². The first-order chi connectivity index (χ1) is 9.56. The number of rotatable bonds is 5. The zero-order valence-corrected chi connectivity index (χ0v) is 12.2. The molecule has 1 saturated heterocycles. The monoisotopic (exact) mass is 278 g/mol. The standard InChI is InChI=1S/C15H23FN4/c1-3-19(4-2)12-7-8-20(10-12)14-6-5-11(15(17)18)9-13(14)16/h5-6,9,12H,3-4,7-8,10H2,1-2H3,(H3,17,18). The fourth-order valence-corrected chi connectivity index (χ4v) is 2.93. The van der Waals surface area contributed by atoms with Crippen LogP contribution in [0.1, 0.15) is 25.8 Å². The summed E-state index contributed by atoms with van der Waals surface area (Å²) in [6.07, 6.45) is 1.07. The number of benzene rings is 1. The zero-order chi connectivity index (χ0) is 14.7. The molecule has 4 nitrogen and oxygen atoms in total. The van der Waals surface area contributed by atoms with Crippen LogP contribution in [0.2, 0.25) is 0 Å².